The molecule has 0 aromatic rings. The van der Waals surface area contributed by atoms with Crippen molar-refractivity contribution in [3.8, 4) is 0 Å². The Balaban J connectivity index is 2.04. The van der Waals surface area contributed by atoms with Crippen LogP contribution in [0.15, 0.2) is 0 Å². The number of likely N-dealkylation sites (tertiary alicyclic amines) is 1. The number of carbonyl (C=O) groups excluding carboxylic acids is 1. The van der Waals surface area contributed by atoms with Crippen LogP contribution in [0, 0.1) is 5.92 Å². The molecule has 0 aliphatic carbocycles. The third-order valence-corrected chi connectivity index (χ3v) is 4.42. The lowest BCUT2D eigenvalue weighted by Crippen LogP contribution is -2.52. The first-order valence-corrected chi connectivity index (χ1v) is 7.32. The second kappa shape index (κ2) is 6.10. The Bertz CT molecular complexity index is 386. The van der Waals surface area contributed by atoms with E-state index in [1.807, 2.05) is 6.92 Å². The van der Waals surface area contributed by atoms with Crippen molar-refractivity contribution in [1.29, 1.82) is 0 Å². The summed E-state index contributed by atoms with van der Waals surface area (Å²) in [4.78, 5) is 25.0. The summed E-state index contributed by atoms with van der Waals surface area (Å²) in [5.74, 6) is -2.86. The first-order chi connectivity index (χ1) is 9.44. The molecule has 3 atom stereocenters. The highest BCUT2D eigenvalue weighted by molar-refractivity contribution is 5.84. The van der Waals surface area contributed by atoms with Gasteiger partial charge in [-0.2, -0.15) is 0 Å². The Morgan fingerprint density at radius 1 is 1.30 bits per heavy atom. The fraction of sp³-hybridized carbons (Fsp3) is 0.857. The molecular weight excluding hydrogens is 262 g/mol. The van der Waals surface area contributed by atoms with Gasteiger partial charge in [0.15, 0.2) is 5.79 Å². The van der Waals surface area contributed by atoms with Gasteiger partial charge in [-0.3, -0.25) is 4.79 Å². The van der Waals surface area contributed by atoms with Gasteiger partial charge in [-0.25, -0.2) is 4.79 Å². The van der Waals surface area contributed by atoms with Crippen LogP contribution in [-0.4, -0.2) is 52.0 Å². The molecule has 6 heteroatoms. The summed E-state index contributed by atoms with van der Waals surface area (Å²) in [6.45, 7) is 2.74. The van der Waals surface area contributed by atoms with Gasteiger partial charge in [0.05, 0.1) is 13.0 Å². The molecule has 0 aromatic heterocycles. The van der Waals surface area contributed by atoms with Crippen molar-refractivity contribution in [1.82, 2.24) is 4.90 Å². The van der Waals surface area contributed by atoms with E-state index >= 15 is 0 Å². The number of carboxylic acid groups (broad SMARTS) is 1. The van der Waals surface area contributed by atoms with Gasteiger partial charge >= 0.3 is 5.97 Å². The second-order valence-electron chi connectivity index (χ2n) is 5.85. The Morgan fingerprint density at radius 3 is 2.70 bits per heavy atom. The summed E-state index contributed by atoms with van der Waals surface area (Å²) in [5.41, 5.74) is 0. The summed E-state index contributed by atoms with van der Waals surface area (Å²) < 4.78 is 5.40. The molecule has 0 radical (unpaired) electrons. The number of carboxylic acids is 1. The van der Waals surface area contributed by atoms with Crippen LogP contribution < -0.4 is 0 Å². The maximum absolute atomic E-state index is 12.4. The molecule has 20 heavy (non-hydrogen) atoms. The lowest BCUT2D eigenvalue weighted by Gasteiger charge is -2.40. The monoisotopic (exact) mass is 285 g/mol. The molecule has 1 amide bonds. The van der Waals surface area contributed by atoms with Crippen molar-refractivity contribution >= 4 is 11.9 Å². The molecule has 2 unspecified atom stereocenters. The molecule has 0 aromatic carbocycles. The van der Waals surface area contributed by atoms with Gasteiger partial charge in [0.25, 0.3) is 0 Å². The first kappa shape index (κ1) is 15.3. The molecule has 0 saturated carbocycles. The molecular formula is C14H23NO5. The number of ether oxygens (including phenoxy) is 1. The third kappa shape index (κ3) is 3.12. The lowest BCUT2D eigenvalue weighted by molar-refractivity contribution is -0.255. The molecule has 2 fully saturated rings. The molecule has 0 spiro atoms. The predicted octanol–water partition coefficient (Wildman–Crippen LogP) is 0.977. The van der Waals surface area contributed by atoms with E-state index in [0.29, 0.717) is 19.6 Å². The molecule has 2 aliphatic heterocycles. The van der Waals surface area contributed by atoms with E-state index in [1.165, 1.54) is 4.90 Å². The average molecular weight is 285 g/mol. The minimum atomic E-state index is -1.45. The van der Waals surface area contributed by atoms with Crippen molar-refractivity contribution in [3.63, 3.8) is 0 Å². The maximum Gasteiger partial charge on any atom is 0.326 e. The number of hydrogen-bond acceptors (Lipinski definition) is 4. The average Bonchev–Trinajstić information content (AvgIpc) is 2.42. The minimum absolute atomic E-state index is 0.117. The van der Waals surface area contributed by atoms with Gasteiger partial charge < -0.3 is 19.8 Å². The molecule has 2 heterocycles. The quantitative estimate of drug-likeness (QED) is 0.807. The number of aliphatic hydroxyl groups is 1. The summed E-state index contributed by atoms with van der Waals surface area (Å²) >= 11 is 0. The Hall–Kier alpha value is -1.14. The van der Waals surface area contributed by atoms with Crippen LogP contribution in [0.4, 0.5) is 0 Å². The van der Waals surface area contributed by atoms with Crippen LogP contribution in [0.3, 0.4) is 0 Å². The van der Waals surface area contributed by atoms with E-state index in [0.717, 1.165) is 25.7 Å². The minimum Gasteiger partial charge on any atom is -0.480 e. The summed E-state index contributed by atoms with van der Waals surface area (Å²) in [6, 6.07) is -0.765. The van der Waals surface area contributed by atoms with Crippen molar-refractivity contribution in [2.24, 2.45) is 5.92 Å². The van der Waals surface area contributed by atoms with Crippen LogP contribution in [0.2, 0.25) is 0 Å². The number of hydrogen-bond donors (Lipinski definition) is 2. The van der Waals surface area contributed by atoms with Crippen molar-refractivity contribution in [2.75, 3.05) is 13.2 Å². The van der Waals surface area contributed by atoms with Gasteiger partial charge in [-0.15, -0.1) is 0 Å². The molecule has 114 valence electrons. The van der Waals surface area contributed by atoms with Crippen LogP contribution in [0.1, 0.15) is 45.4 Å². The standard InChI is InChI=1S/C14H23NO5/c1-10-5-4-8-20-14(10,19)9-12(16)15-7-3-2-6-11(15)13(17)18/h10-11,19H,2-9H2,1H3,(H,17,18)/t10?,11-,14?/m0/s1. The molecule has 2 N–H and O–H groups in total. The van der Waals surface area contributed by atoms with Crippen LogP contribution in [0.25, 0.3) is 0 Å². The van der Waals surface area contributed by atoms with Gasteiger partial charge in [-0.05, 0) is 32.1 Å². The third-order valence-electron chi connectivity index (χ3n) is 4.42. The highest BCUT2D eigenvalue weighted by Crippen LogP contribution is 2.32. The molecule has 2 rings (SSSR count). The topological polar surface area (TPSA) is 87.1 Å². The Labute approximate surface area is 118 Å². The molecule has 2 aliphatic rings. The van der Waals surface area contributed by atoms with E-state index in [4.69, 9.17) is 4.74 Å². The van der Waals surface area contributed by atoms with E-state index in [1.54, 1.807) is 0 Å². The zero-order valence-corrected chi connectivity index (χ0v) is 11.9. The normalized spacial score (nSPS) is 34.8. The number of rotatable bonds is 3. The largest absolute Gasteiger partial charge is 0.480 e. The second-order valence-corrected chi connectivity index (χ2v) is 5.85. The van der Waals surface area contributed by atoms with Gasteiger partial charge in [0, 0.05) is 12.5 Å². The van der Waals surface area contributed by atoms with Gasteiger partial charge in [0.2, 0.25) is 5.91 Å². The van der Waals surface area contributed by atoms with E-state index in [-0.39, 0.29) is 18.2 Å². The highest BCUT2D eigenvalue weighted by atomic mass is 16.6. The summed E-state index contributed by atoms with van der Waals surface area (Å²) in [6.07, 6.45) is 3.64. The smallest absolute Gasteiger partial charge is 0.326 e. The highest BCUT2D eigenvalue weighted by Gasteiger charge is 2.42. The molecule has 6 nitrogen and oxygen atoms in total. The van der Waals surface area contributed by atoms with E-state index in [2.05, 4.69) is 0 Å². The number of aliphatic carboxylic acids is 1. The molecule has 0 bridgehead atoms. The fourth-order valence-electron chi connectivity index (χ4n) is 3.04. The van der Waals surface area contributed by atoms with Gasteiger partial charge in [0.1, 0.15) is 6.04 Å². The number of carbonyl (C=O) groups is 2. The van der Waals surface area contributed by atoms with Crippen LogP contribution in [-0.2, 0) is 14.3 Å². The van der Waals surface area contributed by atoms with E-state index < -0.39 is 17.8 Å². The predicted molar refractivity (Wildman–Crippen MR) is 70.9 cm³/mol. The van der Waals surface area contributed by atoms with Crippen molar-refractivity contribution in [2.45, 2.75) is 57.3 Å². The Kier molecular flexibility index (Phi) is 4.65. The van der Waals surface area contributed by atoms with Crippen LogP contribution >= 0.6 is 0 Å². The van der Waals surface area contributed by atoms with Gasteiger partial charge in [-0.1, -0.05) is 6.92 Å². The summed E-state index contributed by atoms with van der Waals surface area (Å²) in [7, 11) is 0. The SMILES string of the molecule is CC1CCCOC1(O)CC(=O)N1CCCC[C@H]1C(=O)O. The van der Waals surface area contributed by atoms with Crippen molar-refractivity contribution < 1.29 is 24.5 Å². The number of amides is 1. The first-order valence-electron chi connectivity index (χ1n) is 7.32. The fourth-order valence-corrected chi connectivity index (χ4v) is 3.04. The van der Waals surface area contributed by atoms with E-state index in [9.17, 15) is 19.8 Å². The lowest BCUT2D eigenvalue weighted by atomic mass is 9.89. The molecule has 2 saturated heterocycles. The Morgan fingerprint density at radius 2 is 2.05 bits per heavy atom. The zero-order chi connectivity index (χ0) is 14.8. The summed E-state index contributed by atoms with van der Waals surface area (Å²) in [5, 5.41) is 19.6. The zero-order valence-electron chi connectivity index (χ0n) is 11.9. The number of nitrogens with zero attached hydrogens (tertiary/aromatic N) is 1. The van der Waals surface area contributed by atoms with Crippen LogP contribution in [0.5, 0.6) is 0 Å². The number of piperidine rings is 1. The van der Waals surface area contributed by atoms with Crippen molar-refractivity contribution in [3.05, 3.63) is 0 Å². The maximum atomic E-state index is 12.4.